The molecule has 0 saturated heterocycles. The molecule has 0 fully saturated rings. The number of carbonyl (C=O) groups is 1. The van der Waals surface area contributed by atoms with E-state index in [-0.39, 0.29) is 5.91 Å². The van der Waals surface area contributed by atoms with Gasteiger partial charge in [-0.1, -0.05) is 29.3 Å². The molecule has 8 heteroatoms. The van der Waals surface area contributed by atoms with Crippen molar-refractivity contribution in [3.05, 3.63) is 62.1 Å². The summed E-state index contributed by atoms with van der Waals surface area (Å²) >= 11 is 12.1. The first-order valence-corrected chi connectivity index (χ1v) is 9.24. The lowest BCUT2D eigenvalue weighted by Crippen LogP contribution is -2.15. The molecule has 0 aliphatic carbocycles. The molecule has 2 heterocycles. The summed E-state index contributed by atoms with van der Waals surface area (Å²) in [7, 11) is 1.82. The number of rotatable bonds is 4. The van der Waals surface area contributed by atoms with Crippen LogP contribution in [0.1, 0.15) is 38.7 Å². The van der Waals surface area contributed by atoms with Gasteiger partial charge in [0.2, 0.25) is 0 Å². The maximum atomic E-state index is 12.8. The van der Waals surface area contributed by atoms with Crippen LogP contribution < -0.4 is 5.32 Å². The lowest BCUT2D eigenvalue weighted by atomic mass is 10.1. The van der Waals surface area contributed by atoms with E-state index < -0.39 is 0 Å². The maximum Gasteiger partial charge on any atom is 0.259 e. The number of carbonyl (C=O) groups excluding carboxylic acids is 1. The Bertz CT molecular complexity index is 1040. The maximum absolute atomic E-state index is 12.8. The van der Waals surface area contributed by atoms with Gasteiger partial charge in [-0.2, -0.15) is 10.2 Å². The zero-order chi connectivity index (χ0) is 19.9. The van der Waals surface area contributed by atoms with Crippen LogP contribution in [0.2, 0.25) is 10.0 Å². The van der Waals surface area contributed by atoms with E-state index >= 15 is 0 Å². The number of aryl methyl sites for hydroxylation is 3. The van der Waals surface area contributed by atoms with Gasteiger partial charge in [-0.25, -0.2) is 0 Å². The van der Waals surface area contributed by atoms with Gasteiger partial charge >= 0.3 is 0 Å². The van der Waals surface area contributed by atoms with Crippen molar-refractivity contribution in [2.45, 2.75) is 34.2 Å². The second kappa shape index (κ2) is 7.37. The van der Waals surface area contributed by atoms with Gasteiger partial charge in [-0.15, -0.1) is 0 Å². The van der Waals surface area contributed by atoms with Crippen LogP contribution in [0.3, 0.4) is 0 Å². The van der Waals surface area contributed by atoms with Crippen LogP contribution in [0, 0.1) is 27.7 Å². The number of nitrogens with zero attached hydrogens (tertiary/aromatic N) is 4. The fourth-order valence-electron chi connectivity index (χ4n) is 3.12. The molecule has 0 aliphatic rings. The molecule has 3 aromatic rings. The van der Waals surface area contributed by atoms with Gasteiger partial charge < -0.3 is 5.32 Å². The van der Waals surface area contributed by atoms with E-state index in [4.69, 9.17) is 23.2 Å². The molecular weight excluding hydrogens is 385 g/mol. The number of aromatic nitrogens is 4. The Morgan fingerprint density at radius 1 is 1.04 bits per heavy atom. The predicted molar refractivity (Wildman–Crippen MR) is 108 cm³/mol. The van der Waals surface area contributed by atoms with E-state index in [1.54, 1.807) is 10.7 Å². The normalized spacial score (nSPS) is 11.1. The molecule has 0 bridgehead atoms. The second-order valence-corrected chi connectivity index (χ2v) is 7.39. The van der Waals surface area contributed by atoms with Crippen molar-refractivity contribution < 1.29 is 4.79 Å². The Morgan fingerprint density at radius 2 is 1.74 bits per heavy atom. The molecule has 0 spiro atoms. The lowest BCUT2D eigenvalue weighted by molar-refractivity contribution is 0.102. The zero-order valence-corrected chi connectivity index (χ0v) is 17.4. The van der Waals surface area contributed by atoms with Gasteiger partial charge in [0.25, 0.3) is 5.91 Å². The lowest BCUT2D eigenvalue weighted by Gasteiger charge is -2.08. The molecule has 1 aromatic carbocycles. The average Bonchev–Trinajstić information content (AvgIpc) is 3.00. The summed E-state index contributed by atoms with van der Waals surface area (Å²) in [5.74, 6) is -0.182. The van der Waals surface area contributed by atoms with E-state index in [0.29, 0.717) is 33.5 Å². The Kier molecular flexibility index (Phi) is 5.31. The van der Waals surface area contributed by atoms with Crippen LogP contribution in [0.25, 0.3) is 0 Å². The van der Waals surface area contributed by atoms with Gasteiger partial charge in [-0.3, -0.25) is 14.2 Å². The quantitative estimate of drug-likeness (QED) is 0.696. The molecule has 0 atom stereocenters. The first-order chi connectivity index (χ1) is 12.7. The molecule has 2 aromatic heterocycles. The van der Waals surface area contributed by atoms with E-state index in [1.807, 2.05) is 51.6 Å². The molecule has 6 nitrogen and oxygen atoms in total. The van der Waals surface area contributed by atoms with Crippen LogP contribution in [-0.4, -0.2) is 25.5 Å². The van der Waals surface area contributed by atoms with Crippen molar-refractivity contribution >= 4 is 34.8 Å². The van der Waals surface area contributed by atoms with Gasteiger partial charge in [0.15, 0.2) is 0 Å². The van der Waals surface area contributed by atoms with Gasteiger partial charge in [-0.05, 0) is 45.4 Å². The van der Waals surface area contributed by atoms with Crippen LogP contribution in [0.15, 0.2) is 18.2 Å². The molecular formula is C19H21Cl2N5O. The third-order valence-corrected chi connectivity index (χ3v) is 5.41. The van der Waals surface area contributed by atoms with Crippen molar-refractivity contribution in [1.82, 2.24) is 19.6 Å². The zero-order valence-electron chi connectivity index (χ0n) is 15.9. The molecule has 3 rings (SSSR count). The highest BCUT2D eigenvalue weighted by molar-refractivity contribution is 6.42. The number of amides is 1. The summed E-state index contributed by atoms with van der Waals surface area (Å²) in [5, 5.41) is 12.9. The van der Waals surface area contributed by atoms with E-state index in [1.165, 1.54) is 0 Å². The highest BCUT2D eigenvalue weighted by Gasteiger charge is 2.21. The summed E-state index contributed by atoms with van der Waals surface area (Å²) in [6.45, 7) is 8.04. The van der Waals surface area contributed by atoms with Crippen LogP contribution in [0.4, 0.5) is 5.69 Å². The van der Waals surface area contributed by atoms with Crippen molar-refractivity contribution in [2.75, 3.05) is 5.32 Å². The fourth-order valence-corrected chi connectivity index (χ4v) is 3.44. The summed E-state index contributed by atoms with van der Waals surface area (Å²) in [5.41, 5.74) is 5.42. The number of benzene rings is 1. The number of nitrogens with one attached hydrogen (secondary N) is 1. The minimum absolute atomic E-state index is 0.182. The molecule has 0 unspecified atom stereocenters. The minimum Gasteiger partial charge on any atom is -0.319 e. The highest BCUT2D eigenvalue weighted by Crippen LogP contribution is 2.25. The molecule has 0 aliphatic heterocycles. The van der Waals surface area contributed by atoms with Gasteiger partial charge in [0.05, 0.1) is 44.9 Å². The van der Waals surface area contributed by atoms with E-state index in [0.717, 1.165) is 22.6 Å². The Morgan fingerprint density at radius 3 is 2.33 bits per heavy atom. The van der Waals surface area contributed by atoms with Crippen molar-refractivity contribution in [3.8, 4) is 0 Å². The van der Waals surface area contributed by atoms with Crippen LogP contribution in [0.5, 0.6) is 0 Å². The molecule has 27 heavy (non-hydrogen) atoms. The Hall–Kier alpha value is -2.31. The minimum atomic E-state index is -0.182. The largest absolute Gasteiger partial charge is 0.319 e. The monoisotopic (exact) mass is 405 g/mol. The molecule has 1 amide bonds. The van der Waals surface area contributed by atoms with Crippen molar-refractivity contribution in [3.63, 3.8) is 0 Å². The third-order valence-electron chi connectivity index (χ3n) is 4.67. The van der Waals surface area contributed by atoms with E-state index in [9.17, 15) is 4.79 Å². The topological polar surface area (TPSA) is 64.7 Å². The first-order valence-electron chi connectivity index (χ1n) is 8.48. The smallest absolute Gasteiger partial charge is 0.259 e. The first kappa shape index (κ1) is 19.5. The molecule has 0 radical (unpaired) electrons. The molecule has 142 valence electrons. The Balaban J connectivity index is 1.87. The summed E-state index contributed by atoms with van der Waals surface area (Å²) in [4.78, 5) is 12.8. The third kappa shape index (κ3) is 3.73. The number of halogens is 2. The van der Waals surface area contributed by atoms with Crippen LogP contribution >= 0.6 is 23.2 Å². The van der Waals surface area contributed by atoms with Crippen LogP contribution in [-0.2, 0) is 13.6 Å². The molecule has 1 N–H and O–H groups in total. The Labute approximate surface area is 168 Å². The standard InChI is InChI=1S/C19H21Cl2N5O/c1-10-17(12(3)25(5)23-10)19(27)22-18-11(2)24-26(13(18)4)9-14-6-7-15(20)16(21)8-14/h6-8H,9H2,1-5H3,(H,22,27). The summed E-state index contributed by atoms with van der Waals surface area (Å²) < 4.78 is 3.55. The van der Waals surface area contributed by atoms with Gasteiger partial charge in [0, 0.05) is 12.7 Å². The summed E-state index contributed by atoms with van der Waals surface area (Å²) in [6, 6.07) is 5.49. The van der Waals surface area contributed by atoms with Gasteiger partial charge in [0.1, 0.15) is 0 Å². The van der Waals surface area contributed by atoms with Crippen molar-refractivity contribution in [2.24, 2.45) is 7.05 Å². The number of hydrogen-bond acceptors (Lipinski definition) is 3. The summed E-state index contributed by atoms with van der Waals surface area (Å²) in [6.07, 6.45) is 0. The predicted octanol–water partition coefficient (Wildman–Crippen LogP) is 4.46. The molecule has 0 saturated carbocycles. The highest BCUT2D eigenvalue weighted by atomic mass is 35.5. The number of anilines is 1. The second-order valence-electron chi connectivity index (χ2n) is 6.58. The van der Waals surface area contributed by atoms with E-state index in [2.05, 4.69) is 15.5 Å². The fraction of sp³-hybridized carbons (Fsp3) is 0.316. The SMILES string of the molecule is Cc1nn(Cc2ccc(Cl)c(Cl)c2)c(C)c1NC(=O)c1c(C)nn(C)c1C. The average molecular weight is 406 g/mol. The number of hydrogen-bond donors (Lipinski definition) is 1. The van der Waals surface area contributed by atoms with Crippen molar-refractivity contribution in [1.29, 1.82) is 0 Å².